The van der Waals surface area contributed by atoms with Crippen molar-refractivity contribution in [3.05, 3.63) is 71.0 Å². The van der Waals surface area contributed by atoms with Crippen LogP contribution in [0, 0.1) is 18.7 Å². The molecule has 0 unspecified atom stereocenters. The van der Waals surface area contributed by atoms with E-state index in [0.717, 1.165) is 51.7 Å². The Kier molecular flexibility index (Phi) is 5.50. The molecule has 35 heavy (non-hydrogen) atoms. The third kappa shape index (κ3) is 3.68. The van der Waals surface area contributed by atoms with Gasteiger partial charge in [0.25, 0.3) is 0 Å². The van der Waals surface area contributed by atoms with Crippen LogP contribution >= 0.6 is 11.6 Å². The van der Waals surface area contributed by atoms with E-state index in [-0.39, 0.29) is 17.8 Å². The summed E-state index contributed by atoms with van der Waals surface area (Å²) >= 11 is 6.31. The predicted molar refractivity (Wildman–Crippen MR) is 133 cm³/mol. The zero-order valence-corrected chi connectivity index (χ0v) is 20.2. The van der Waals surface area contributed by atoms with E-state index in [0.29, 0.717) is 23.9 Å². The fraction of sp³-hybridized carbons (Fsp3) is 0.308. The first kappa shape index (κ1) is 22.1. The summed E-state index contributed by atoms with van der Waals surface area (Å²) < 4.78 is 24.9. The van der Waals surface area contributed by atoms with Crippen molar-refractivity contribution >= 4 is 33.5 Å². The number of rotatable bonds is 4. The number of halogens is 2. The van der Waals surface area contributed by atoms with Crippen molar-refractivity contribution in [3.63, 3.8) is 0 Å². The van der Waals surface area contributed by atoms with Gasteiger partial charge in [0.1, 0.15) is 11.0 Å². The molecule has 0 saturated carbocycles. The van der Waals surface area contributed by atoms with Crippen LogP contribution in [0.2, 0.25) is 5.15 Å². The number of aryl methyl sites for hydroxylation is 2. The summed E-state index contributed by atoms with van der Waals surface area (Å²) in [4.78, 5) is 9.24. The molecule has 0 N–H and O–H groups in total. The van der Waals surface area contributed by atoms with Crippen LogP contribution in [-0.4, -0.2) is 42.7 Å². The van der Waals surface area contributed by atoms with Gasteiger partial charge in [0.15, 0.2) is 0 Å². The van der Waals surface area contributed by atoms with Gasteiger partial charge < -0.3 is 9.30 Å². The van der Waals surface area contributed by atoms with Crippen molar-refractivity contribution in [1.82, 2.24) is 29.5 Å². The lowest BCUT2D eigenvalue weighted by Gasteiger charge is -2.33. The lowest BCUT2D eigenvalue weighted by molar-refractivity contribution is 0.0548. The van der Waals surface area contributed by atoms with Crippen LogP contribution in [0.15, 0.2) is 48.8 Å². The van der Waals surface area contributed by atoms with E-state index in [1.807, 2.05) is 38.4 Å². The van der Waals surface area contributed by atoms with E-state index in [9.17, 15) is 0 Å². The molecule has 7 nitrogen and oxygen atoms in total. The van der Waals surface area contributed by atoms with Crippen molar-refractivity contribution in [3.8, 4) is 11.3 Å². The number of fused-ring (bicyclic) bond motifs is 3. The van der Waals surface area contributed by atoms with Gasteiger partial charge in [-0.2, -0.15) is 0 Å². The van der Waals surface area contributed by atoms with Gasteiger partial charge in [0, 0.05) is 43.0 Å². The second-order valence-electron chi connectivity index (χ2n) is 9.05. The maximum absolute atomic E-state index is 15.3. The average molecular weight is 491 g/mol. The number of hydrogen-bond acceptors (Lipinski definition) is 5. The minimum atomic E-state index is -0.258. The van der Waals surface area contributed by atoms with Gasteiger partial charge >= 0.3 is 0 Å². The Morgan fingerprint density at radius 1 is 1.09 bits per heavy atom. The summed E-state index contributed by atoms with van der Waals surface area (Å²) in [5.74, 6) is -0.0457. The molecule has 4 aromatic heterocycles. The van der Waals surface area contributed by atoms with Crippen LogP contribution in [-0.2, 0) is 11.8 Å². The Labute approximate surface area is 206 Å². The number of nitrogens with zero attached hydrogens (tertiary/aromatic N) is 6. The molecule has 178 valence electrons. The maximum atomic E-state index is 15.3. The molecule has 9 heteroatoms. The molecular formula is C26H24ClFN6O. The van der Waals surface area contributed by atoms with Gasteiger partial charge in [-0.05, 0) is 43.9 Å². The highest BCUT2D eigenvalue weighted by molar-refractivity contribution is 6.30. The van der Waals surface area contributed by atoms with Crippen LogP contribution in [0.3, 0.4) is 0 Å². The zero-order chi connectivity index (χ0) is 24.1. The van der Waals surface area contributed by atoms with Crippen molar-refractivity contribution in [2.24, 2.45) is 13.0 Å². The predicted octanol–water partition coefficient (Wildman–Crippen LogP) is 5.50. The van der Waals surface area contributed by atoms with E-state index >= 15 is 4.39 Å². The Hall–Kier alpha value is -3.36. The smallest absolute Gasteiger partial charge is 0.129 e. The highest BCUT2D eigenvalue weighted by atomic mass is 35.5. The molecule has 6 rings (SSSR count). The van der Waals surface area contributed by atoms with Crippen molar-refractivity contribution < 1.29 is 9.13 Å². The molecule has 0 radical (unpaired) electrons. The van der Waals surface area contributed by atoms with Crippen LogP contribution in [0.1, 0.15) is 30.1 Å². The van der Waals surface area contributed by atoms with E-state index in [4.69, 9.17) is 21.3 Å². The van der Waals surface area contributed by atoms with Gasteiger partial charge in [0.05, 0.1) is 40.2 Å². The summed E-state index contributed by atoms with van der Waals surface area (Å²) in [6, 6.07) is 10.7. The summed E-state index contributed by atoms with van der Waals surface area (Å²) in [6.45, 7) is 3.23. The lowest BCUT2D eigenvalue weighted by atomic mass is 9.86. The van der Waals surface area contributed by atoms with E-state index in [1.54, 1.807) is 16.9 Å². The largest absolute Gasteiger partial charge is 0.381 e. The molecule has 1 aromatic carbocycles. The maximum Gasteiger partial charge on any atom is 0.129 e. The van der Waals surface area contributed by atoms with E-state index in [1.165, 1.54) is 6.07 Å². The van der Waals surface area contributed by atoms with Gasteiger partial charge in [-0.3, -0.25) is 4.98 Å². The summed E-state index contributed by atoms with van der Waals surface area (Å²) in [7, 11) is 1.86. The van der Waals surface area contributed by atoms with Crippen LogP contribution in [0.5, 0.6) is 0 Å². The van der Waals surface area contributed by atoms with E-state index < -0.39 is 0 Å². The second kappa shape index (κ2) is 8.70. The molecule has 1 saturated heterocycles. The number of hydrogen-bond donors (Lipinski definition) is 0. The van der Waals surface area contributed by atoms with Gasteiger partial charge in [-0.1, -0.05) is 35.0 Å². The standard InChI is InChI=1S/C26H24ClFN6O/c1-15-25(33(2)32-31-15)17-11-21-24(30-13-17)19-12-23(27)29-14-22(19)34(21)26(16-7-9-35-10-8-16)18-5-3-4-6-20(18)28/h3-6,11-14,16,26H,7-10H2,1-2H3/t26-/m0/s1. The van der Waals surface area contributed by atoms with Crippen molar-refractivity contribution in [2.45, 2.75) is 25.8 Å². The first-order chi connectivity index (χ1) is 17.0. The number of pyridine rings is 2. The lowest BCUT2D eigenvalue weighted by Crippen LogP contribution is -2.27. The first-order valence-corrected chi connectivity index (χ1v) is 12.0. The Bertz CT molecular complexity index is 1540. The first-order valence-electron chi connectivity index (χ1n) is 11.7. The van der Waals surface area contributed by atoms with Gasteiger partial charge in [-0.25, -0.2) is 14.1 Å². The monoisotopic (exact) mass is 490 g/mol. The van der Waals surface area contributed by atoms with Gasteiger partial charge in [-0.15, -0.1) is 5.10 Å². The number of aromatic nitrogens is 6. The van der Waals surface area contributed by atoms with Crippen molar-refractivity contribution in [2.75, 3.05) is 13.2 Å². The van der Waals surface area contributed by atoms with E-state index in [2.05, 4.69) is 25.9 Å². The molecular weight excluding hydrogens is 467 g/mol. The summed E-state index contributed by atoms with van der Waals surface area (Å²) in [6.07, 6.45) is 5.26. The molecule has 0 amide bonds. The van der Waals surface area contributed by atoms with Crippen LogP contribution in [0.25, 0.3) is 33.2 Å². The highest BCUT2D eigenvalue weighted by Crippen LogP contribution is 2.42. The highest BCUT2D eigenvalue weighted by Gasteiger charge is 2.32. The molecule has 1 atom stereocenters. The van der Waals surface area contributed by atoms with Crippen LogP contribution in [0.4, 0.5) is 4.39 Å². The normalized spacial score (nSPS) is 15.8. The second-order valence-corrected chi connectivity index (χ2v) is 9.44. The average Bonchev–Trinajstić information content (AvgIpc) is 3.37. The third-order valence-electron chi connectivity index (χ3n) is 6.97. The molecule has 0 spiro atoms. The number of ether oxygens (including phenoxy) is 1. The van der Waals surface area contributed by atoms with Crippen molar-refractivity contribution in [1.29, 1.82) is 0 Å². The Morgan fingerprint density at radius 3 is 2.63 bits per heavy atom. The minimum absolute atomic E-state index is 0.180. The molecule has 5 heterocycles. The Morgan fingerprint density at radius 2 is 1.89 bits per heavy atom. The SMILES string of the molecule is Cc1nnn(C)c1-c1cnc2c3cc(Cl)ncc3n([C@H](c3ccccc3F)C3CCOCC3)c2c1. The molecule has 1 fully saturated rings. The quantitative estimate of drug-likeness (QED) is 0.311. The fourth-order valence-electron chi connectivity index (χ4n) is 5.41. The Balaban J connectivity index is 1.69. The topological polar surface area (TPSA) is 70.7 Å². The molecule has 1 aliphatic rings. The molecule has 1 aliphatic heterocycles. The zero-order valence-electron chi connectivity index (χ0n) is 19.4. The third-order valence-corrected chi connectivity index (χ3v) is 7.18. The molecule has 5 aromatic rings. The fourth-order valence-corrected chi connectivity index (χ4v) is 5.57. The van der Waals surface area contributed by atoms with Crippen LogP contribution < -0.4 is 0 Å². The minimum Gasteiger partial charge on any atom is -0.381 e. The van der Waals surface area contributed by atoms with Gasteiger partial charge in [0.2, 0.25) is 0 Å². The molecule has 0 bridgehead atoms. The summed E-state index contributed by atoms with van der Waals surface area (Å²) in [5, 5.41) is 9.64. The number of benzene rings is 1. The molecule has 0 aliphatic carbocycles. The summed E-state index contributed by atoms with van der Waals surface area (Å²) in [5.41, 5.74) is 5.81.